The maximum atomic E-state index is 5.27. The van der Waals surface area contributed by atoms with Crippen LogP contribution in [-0.2, 0) is 6.54 Å². The number of terminal acetylenes is 1. The average Bonchev–Trinajstić information content (AvgIpc) is 2.72. The molecule has 0 unspecified atom stereocenters. The van der Waals surface area contributed by atoms with Gasteiger partial charge in [0.2, 0.25) is 0 Å². The van der Waals surface area contributed by atoms with Gasteiger partial charge in [0.1, 0.15) is 0 Å². The molecular formula is C12H10N2. The first-order valence-electron chi connectivity index (χ1n) is 4.41. The molecule has 1 aromatic heterocycles. The number of nitrogens with zero attached hydrogens (tertiary/aromatic N) is 2. The Balaban J connectivity index is 2.15. The number of benzene rings is 1. The molecular weight excluding hydrogens is 172 g/mol. The highest BCUT2D eigenvalue weighted by Gasteiger charge is 1.94. The van der Waals surface area contributed by atoms with Crippen LogP contribution in [0, 0.1) is 12.3 Å². The molecule has 0 atom stereocenters. The molecule has 0 aliphatic carbocycles. The van der Waals surface area contributed by atoms with Crippen molar-refractivity contribution in [2.45, 2.75) is 6.54 Å². The number of hydrogen-bond donors (Lipinski definition) is 0. The number of hydrogen-bond acceptors (Lipinski definition) is 1. The molecule has 0 N–H and O–H groups in total. The van der Waals surface area contributed by atoms with E-state index >= 15 is 0 Å². The van der Waals surface area contributed by atoms with Gasteiger partial charge in [-0.2, -0.15) is 5.10 Å². The van der Waals surface area contributed by atoms with Crippen molar-refractivity contribution in [2.75, 3.05) is 0 Å². The molecule has 2 heteroatoms. The second-order valence-corrected chi connectivity index (χ2v) is 3.04. The lowest BCUT2D eigenvalue weighted by Crippen LogP contribution is -1.99. The molecule has 68 valence electrons. The van der Waals surface area contributed by atoms with Crippen molar-refractivity contribution in [3.05, 3.63) is 53.9 Å². The summed E-state index contributed by atoms with van der Waals surface area (Å²) in [7, 11) is 0. The Kier molecular flexibility index (Phi) is 2.33. The molecule has 0 amide bonds. The van der Waals surface area contributed by atoms with Gasteiger partial charge in [-0.3, -0.25) is 4.68 Å². The molecule has 0 saturated heterocycles. The topological polar surface area (TPSA) is 17.8 Å². The monoisotopic (exact) mass is 182 g/mol. The molecule has 0 saturated carbocycles. The van der Waals surface area contributed by atoms with Crippen molar-refractivity contribution < 1.29 is 0 Å². The summed E-state index contributed by atoms with van der Waals surface area (Å²) in [5, 5.41) is 4.13. The van der Waals surface area contributed by atoms with Crippen LogP contribution in [-0.4, -0.2) is 9.78 Å². The highest BCUT2D eigenvalue weighted by atomic mass is 15.3. The lowest BCUT2D eigenvalue weighted by molar-refractivity contribution is 0.687. The van der Waals surface area contributed by atoms with Crippen molar-refractivity contribution in [3.63, 3.8) is 0 Å². The SMILES string of the molecule is C#Cc1ccc(Cn2cccn2)cc1. The first-order valence-corrected chi connectivity index (χ1v) is 4.41. The van der Waals surface area contributed by atoms with Crippen LogP contribution in [0.25, 0.3) is 0 Å². The smallest absolute Gasteiger partial charge is 0.0659 e. The molecule has 2 rings (SSSR count). The van der Waals surface area contributed by atoms with E-state index in [0.717, 1.165) is 12.1 Å². The van der Waals surface area contributed by atoms with Crippen LogP contribution >= 0.6 is 0 Å². The van der Waals surface area contributed by atoms with Gasteiger partial charge < -0.3 is 0 Å². The lowest BCUT2D eigenvalue weighted by atomic mass is 10.1. The Labute approximate surface area is 83.2 Å². The predicted molar refractivity (Wildman–Crippen MR) is 55.7 cm³/mol. The van der Waals surface area contributed by atoms with Gasteiger partial charge >= 0.3 is 0 Å². The summed E-state index contributed by atoms with van der Waals surface area (Å²) in [6.07, 6.45) is 8.98. The first kappa shape index (κ1) is 8.58. The van der Waals surface area contributed by atoms with Crippen LogP contribution in [0.1, 0.15) is 11.1 Å². The fourth-order valence-corrected chi connectivity index (χ4v) is 1.29. The second-order valence-electron chi connectivity index (χ2n) is 3.04. The highest BCUT2D eigenvalue weighted by Crippen LogP contribution is 2.04. The Morgan fingerprint density at radius 3 is 2.64 bits per heavy atom. The van der Waals surface area contributed by atoms with E-state index in [1.54, 1.807) is 6.20 Å². The van der Waals surface area contributed by atoms with E-state index in [1.165, 1.54) is 5.56 Å². The van der Waals surface area contributed by atoms with Crippen LogP contribution < -0.4 is 0 Å². The van der Waals surface area contributed by atoms with Crippen molar-refractivity contribution in [1.29, 1.82) is 0 Å². The third-order valence-corrected chi connectivity index (χ3v) is 2.02. The standard InChI is InChI=1S/C12H10N2/c1-2-11-4-6-12(7-5-11)10-14-9-3-8-13-14/h1,3-9H,10H2. The second kappa shape index (κ2) is 3.80. The quantitative estimate of drug-likeness (QED) is 0.649. The molecule has 14 heavy (non-hydrogen) atoms. The molecule has 2 aromatic rings. The van der Waals surface area contributed by atoms with Crippen LogP contribution in [0.15, 0.2) is 42.7 Å². The van der Waals surface area contributed by atoms with Gasteiger partial charge in [0.15, 0.2) is 0 Å². The van der Waals surface area contributed by atoms with E-state index in [-0.39, 0.29) is 0 Å². The lowest BCUT2D eigenvalue weighted by Gasteiger charge is -2.01. The Morgan fingerprint density at radius 1 is 1.29 bits per heavy atom. The van der Waals surface area contributed by atoms with Crippen molar-refractivity contribution in [1.82, 2.24) is 9.78 Å². The van der Waals surface area contributed by atoms with Gasteiger partial charge in [0.05, 0.1) is 6.54 Å². The zero-order chi connectivity index (χ0) is 9.80. The van der Waals surface area contributed by atoms with E-state index in [4.69, 9.17) is 6.42 Å². The molecule has 0 spiro atoms. The van der Waals surface area contributed by atoms with E-state index in [9.17, 15) is 0 Å². The fraction of sp³-hybridized carbons (Fsp3) is 0.0833. The van der Waals surface area contributed by atoms with Crippen LogP contribution in [0.5, 0.6) is 0 Å². The molecule has 0 radical (unpaired) electrons. The maximum Gasteiger partial charge on any atom is 0.0659 e. The van der Waals surface area contributed by atoms with E-state index in [2.05, 4.69) is 11.0 Å². The maximum absolute atomic E-state index is 5.27. The molecule has 1 heterocycles. The van der Waals surface area contributed by atoms with Gasteiger partial charge in [-0.1, -0.05) is 18.1 Å². The Hall–Kier alpha value is -2.01. The minimum absolute atomic E-state index is 0.790. The summed E-state index contributed by atoms with van der Waals surface area (Å²) < 4.78 is 1.88. The van der Waals surface area contributed by atoms with E-state index < -0.39 is 0 Å². The van der Waals surface area contributed by atoms with Crippen molar-refractivity contribution in [3.8, 4) is 12.3 Å². The molecule has 0 bridgehead atoms. The normalized spacial score (nSPS) is 9.64. The fourth-order valence-electron chi connectivity index (χ4n) is 1.29. The van der Waals surface area contributed by atoms with Gasteiger partial charge in [0, 0.05) is 18.0 Å². The summed E-state index contributed by atoms with van der Waals surface area (Å²) in [6, 6.07) is 9.85. The summed E-state index contributed by atoms with van der Waals surface area (Å²) in [4.78, 5) is 0. The molecule has 2 nitrogen and oxygen atoms in total. The third-order valence-electron chi connectivity index (χ3n) is 2.02. The van der Waals surface area contributed by atoms with Crippen LogP contribution in [0.3, 0.4) is 0 Å². The minimum atomic E-state index is 0.790. The summed E-state index contributed by atoms with van der Waals surface area (Å²) in [6.45, 7) is 0.790. The van der Waals surface area contributed by atoms with Crippen LogP contribution in [0.2, 0.25) is 0 Å². The van der Waals surface area contributed by atoms with Crippen LogP contribution in [0.4, 0.5) is 0 Å². The largest absolute Gasteiger partial charge is 0.268 e. The zero-order valence-electron chi connectivity index (χ0n) is 7.72. The van der Waals surface area contributed by atoms with Gasteiger partial charge in [-0.25, -0.2) is 0 Å². The molecule has 0 aliphatic heterocycles. The summed E-state index contributed by atoms with van der Waals surface area (Å²) in [5.41, 5.74) is 2.11. The molecule has 1 aromatic carbocycles. The summed E-state index contributed by atoms with van der Waals surface area (Å²) >= 11 is 0. The predicted octanol–water partition coefficient (Wildman–Crippen LogP) is 1.91. The first-order chi connectivity index (χ1) is 6.88. The third kappa shape index (κ3) is 1.83. The van der Waals surface area contributed by atoms with E-state index in [1.807, 2.05) is 41.2 Å². The molecule has 0 aliphatic rings. The Morgan fingerprint density at radius 2 is 2.07 bits per heavy atom. The highest BCUT2D eigenvalue weighted by molar-refractivity contribution is 5.34. The average molecular weight is 182 g/mol. The number of aromatic nitrogens is 2. The minimum Gasteiger partial charge on any atom is -0.268 e. The summed E-state index contributed by atoms with van der Waals surface area (Å²) in [5.74, 6) is 2.59. The Bertz CT molecular complexity index is 432. The zero-order valence-corrected chi connectivity index (χ0v) is 7.72. The van der Waals surface area contributed by atoms with Crippen molar-refractivity contribution in [2.24, 2.45) is 0 Å². The van der Waals surface area contributed by atoms with Crippen molar-refractivity contribution >= 4 is 0 Å². The van der Waals surface area contributed by atoms with Gasteiger partial charge in [0.25, 0.3) is 0 Å². The van der Waals surface area contributed by atoms with Gasteiger partial charge in [-0.05, 0) is 23.8 Å². The van der Waals surface area contributed by atoms with Gasteiger partial charge in [-0.15, -0.1) is 6.42 Å². The molecule has 0 fully saturated rings. The number of rotatable bonds is 2. The van der Waals surface area contributed by atoms with E-state index in [0.29, 0.717) is 0 Å².